The SMILES string of the molecule is N#CC1(c2ccc(NC(=S)NC(=O)c3ccc(N4CCCCC4)c([N+](=O)[O-])c3)cc2)CCCC1. The summed E-state index contributed by atoms with van der Waals surface area (Å²) in [7, 11) is 0. The molecule has 34 heavy (non-hydrogen) atoms. The van der Waals surface area contributed by atoms with E-state index in [0.717, 1.165) is 63.6 Å². The molecule has 4 rings (SSSR count). The first kappa shape index (κ1) is 23.6. The molecule has 2 aromatic carbocycles. The van der Waals surface area contributed by atoms with Gasteiger partial charge in [0.25, 0.3) is 11.6 Å². The van der Waals surface area contributed by atoms with E-state index in [1.54, 1.807) is 12.1 Å². The first-order chi connectivity index (χ1) is 16.4. The maximum Gasteiger partial charge on any atom is 0.293 e. The Balaban J connectivity index is 1.41. The molecular formula is C25H27N5O3S. The molecule has 0 atom stereocenters. The Morgan fingerprint density at radius 2 is 1.74 bits per heavy atom. The van der Waals surface area contributed by atoms with Crippen LogP contribution in [0, 0.1) is 21.4 Å². The van der Waals surface area contributed by atoms with Gasteiger partial charge in [0.1, 0.15) is 5.69 Å². The lowest BCUT2D eigenvalue weighted by atomic mass is 9.80. The number of rotatable bonds is 5. The molecule has 0 aromatic heterocycles. The quantitative estimate of drug-likeness (QED) is 0.352. The monoisotopic (exact) mass is 477 g/mol. The van der Waals surface area contributed by atoms with Crippen LogP contribution in [0.25, 0.3) is 0 Å². The molecule has 0 spiro atoms. The molecular weight excluding hydrogens is 450 g/mol. The molecule has 2 N–H and O–H groups in total. The van der Waals surface area contributed by atoms with E-state index in [-0.39, 0.29) is 16.4 Å². The zero-order chi connectivity index (χ0) is 24.1. The van der Waals surface area contributed by atoms with Crippen molar-refractivity contribution in [1.82, 2.24) is 5.32 Å². The summed E-state index contributed by atoms with van der Waals surface area (Å²) < 4.78 is 0. The highest BCUT2D eigenvalue weighted by atomic mass is 32.1. The number of benzene rings is 2. The van der Waals surface area contributed by atoms with Crippen molar-refractivity contribution in [3.63, 3.8) is 0 Å². The van der Waals surface area contributed by atoms with Gasteiger partial charge in [-0.25, -0.2) is 0 Å². The molecule has 1 saturated heterocycles. The molecule has 8 nitrogen and oxygen atoms in total. The molecule has 0 bridgehead atoms. The van der Waals surface area contributed by atoms with Crippen LogP contribution in [-0.2, 0) is 5.41 Å². The minimum Gasteiger partial charge on any atom is -0.366 e. The van der Waals surface area contributed by atoms with Gasteiger partial charge >= 0.3 is 0 Å². The first-order valence-electron chi connectivity index (χ1n) is 11.6. The number of hydrogen-bond donors (Lipinski definition) is 2. The second kappa shape index (κ2) is 10.2. The van der Waals surface area contributed by atoms with Crippen LogP contribution in [0.15, 0.2) is 42.5 Å². The van der Waals surface area contributed by atoms with Gasteiger partial charge < -0.3 is 10.2 Å². The van der Waals surface area contributed by atoms with Crippen molar-refractivity contribution >= 4 is 40.3 Å². The number of nitrogens with zero attached hydrogens (tertiary/aromatic N) is 3. The summed E-state index contributed by atoms with van der Waals surface area (Å²) in [5.74, 6) is -0.517. The molecule has 2 aliphatic rings. The third-order valence-electron chi connectivity index (χ3n) is 6.72. The number of nitro benzene ring substituents is 1. The number of piperidine rings is 1. The van der Waals surface area contributed by atoms with Crippen LogP contribution in [0.5, 0.6) is 0 Å². The maximum atomic E-state index is 12.7. The highest BCUT2D eigenvalue weighted by Crippen LogP contribution is 2.40. The third-order valence-corrected chi connectivity index (χ3v) is 6.93. The Morgan fingerprint density at radius 1 is 1.06 bits per heavy atom. The summed E-state index contributed by atoms with van der Waals surface area (Å²) in [6.45, 7) is 1.54. The Labute approximate surface area is 204 Å². The molecule has 0 radical (unpaired) electrons. The topological polar surface area (TPSA) is 111 Å². The van der Waals surface area contributed by atoms with Gasteiger partial charge in [-0.2, -0.15) is 5.26 Å². The summed E-state index contributed by atoms with van der Waals surface area (Å²) in [5.41, 5.74) is 1.90. The number of thiocarbonyl (C=S) groups is 1. The number of hydrogen-bond acceptors (Lipinski definition) is 6. The zero-order valence-corrected chi connectivity index (χ0v) is 19.7. The standard InChI is InChI=1S/C25H27N5O3S/c26-17-25(12-2-3-13-25)19-7-9-20(10-8-19)27-24(34)28-23(31)18-6-11-21(22(16-18)30(32)33)29-14-4-1-5-15-29/h6-11,16H,1-5,12-15H2,(H2,27,28,31,34). The largest absolute Gasteiger partial charge is 0.366 e. The van der Waals surface area contributed by atoms with E-state index in [4.69, 9.17) is 12.2 Å². The van der Waals surface area contributed by atoms with Gasteiger partial charge in [0, 0.05) is 30.4 Å². The molecule has 1 saturated carbocycles. The van der Waals surface area contributed by atoms with Gasteiger partial charge in [-0.3, -0.25) is 20.2 Å². The highest BCUT2D eigenvalue weighted by molar-refractivity contribution is 7.80. The molecule has 176 valence electrons. The number of carbonyl (C=O) groups excluding carboxylic acids is 1. The third kappa shape index (κ3) is 5.02. The number of nitriles is 1. The van der Waals surface area contributed by atoms with Crippen LogP contribution in [-0.4, -0.2) is 29.0 Å². The fraction of sp³-hybridized carbons (Fsp3) is 0.400. The van der Waals surface area contributed by atoms with Crippen molar-refractivity contribution in [2.45, 2.75) is 50.4 Å². The Kier molecular flexibility index (Phi) is 7.08. The van der Waals surface area contributed by atoms with Crippen molar-refractivity contribution < 1.29 is 9.72 Å². The second-order valence-electron chi connectivity index (χ2n) is 8.89. The minimum absolute atomic E-state index is 0.0812. The molecule has 1 aliphatic carbocycles. The number of carbonyl (C=O) groups is 1. The average molecular weight is 478 g/mol. The fourth-order valence-electron chi connectivity index (χ4n) is 4.87. The van der Waals surface area contributed by atoms with Crippen LogP contribution in [0.1, 0.15) is 60.9 Å². The van der Waals surface area contributed by atoms with Gasteiger partial charge in [0.05, 0.1) is 16.4 Å². The van der Waals surface area contributed by atoms with Crippen molar-refractivity contribution in [2.24, 2.45) is 0 Å². The molecule has 1 amide bonds. The van der Waals surface area contributed by atoms with E-state index in [1.165, 1.54) is 6.07 Å². The van der Waals surface area contributed by atoms with Crippen molar-refractivity contribution in [2.75, 3.05) is 23.3 Å². The normalized spacial score (nSPS) is 17.0. The Hall–Kier alpha value is -3.51. The molecule has 1 aliphatic heterocycles. The van der Waals surface area contributed by atoms with E-state index in [1.807, 2.05) is 29.2 Å². The predicted molar refractivity (Wildman–Crippen MR) is 135 cm³/mol. The minimum atomic E-state index is -0.517. The van der Waals surface area contributed by atoms with Gasteiger partial charge in [-0.05, 0) is 74.2 Å². The second-order valence-corrected chi connectivity index (χ2v) is 9.30. The van der Waals surface area contributed by atoms with Crippen LogP contribution in [0.4, 0.5) is 17.1 Å². The van der Waals surface area contributed by atoms with Crippen LogP contribution in [0.2, 0.25) is 0 Å². The zero-order valence-electron chi connectivity index (χ0n) is 18.9. The van der Waals surface area contributed by atoms with E-state index in [2.05, 4.69) is 16.7 Å². The van der Waals surface area contributed by atoms with Crippen molar-refractivity contribution in [3.05, 3.63) is 63.7 Å². The molecule has 2 aromatic rings. The Morgan fingerprint density at radius 3 is 2.35 bits per heavy atom. The summed E-state index contributed by atoms with van der Waals surface area (Å²) in [6, 6.07) is 14.5. The van der Waals surface area contributed by atoms with E-state index in [9.17, 15) is 20.2 Å². The number of nitrogens with one attached hydrogen (secondary N) is 2. The Bertz CT molecular complexity index is 1130. The van der Waals surface area contributed by atoms with E-state index >= 15 is 0 Å². The van der Waals surface area contributed by atoms with Gasteiger partial charge in [0.2, 0.25) is 0 Å². The molecule has 1 heterocycles. The van der Waals surface area contributed by atoms with Crippen molar-refractivity contribution in [3.8, 4) is 6.07 Å². The smallest absolute Gasteiger partial charge is 0.293 e. The maximum absolute atomic E-state index is 12.7. The van der Waals surface area contributed by atoms with E-state index < -0.39 is 16.2 Å². The number of anilines is 2. The lowest BCUT2D eigenvalue weighted by Crippen LogP contribution is -2.34. The molecule has 2 fully saturated rings. The van der Waals surface area contributed by atoms with Gasteiger partial charge in [-0.15, -0.1) is 0 Å². The van der Waals surface area contributed by atoms with Crippen LogP contribution >= 0.6 is 12.2 Å². The summed E-state index contributed by atoms with van der Waals surface area (Å²) >= 11 is 5.27. The summed E-state index contributed by atoms with van der Waals surface area (Å²) in [6.07, 6.45) is 6.97. The molecule has 0 unspecified atom stereocenters. The van der Waals surface area contributed by atoms with E-state index in [0.29, 0.717) is 11.4 Å². The van der Waals surface area contributed by atoms with Gasteiger partial charge in [-0.1, -0.05) is 25.0 Å². The predicted octanol–water partition coefficient (Wildman–Crippen LogP) is 5.05. The number of nitro groups is 1. The summed E-state index contributed by atoms with van der Waals surface area (Å²) in [5, 5.41) is 27.0. The number of amides is 1. The van der Waals surface area contributed by atoms with Crippen LogP contribution < -0.4 is 15.5 Å². The molecule has 9 heteroatoms. The fourth-order valence-corrected chi connectivity index (χ4v) is 5.08. The lowest BCUT2D eigenvalue weighted by Gasteiger charge is -2.28. The van der Waals surface area contributed by atoms with Crippen molar-refractivity contribution in [1.29, 1.82) is 5.26 Å². The first-order valence-corrected chi connectivity index (χ1v) is 12.0. The average Bonchev–Trinajstić information content (AvgIpc) is 3.35. The summed E-state index contributed by atoms with van der Waals surface area (Å²) in [4.78, 5) is 25.9. The van der Waals surface area contributed by atoms with Gasteiger partial charge in [0.15, 0.2) is 5.11 Å². The lowest BCUT2D eigenvalue weighted by molar-refractivity contribution is -0.384. The van der Waals surface area contributed by atoms with Crippen LogP contribution in [0.3, 0.4) is 0 Å². The highest BCUT2D eigenvalue weighted by Gasteiger charge is 2.35.